The van der Waals surface area contributed by atoms with E-state index in [1.54, 1.807) is 0 Å². The number of halogens is 2. The zero-order valence-electron chi connectivity index (χ0n) is 7.56. The first-order valence-corrected chi connectivity index (χ1v) is 5.48. The molecule has 0 amide bonds. The van der Waals surface area contributed by atoms with Crippen LogP contribution in [-0.2, 0) is 0 Å². The van der Waals surface area contributed by atoms with Crippen molar-refractivity contribution in [1.29, 1.82) is 0 Å². The van der Waals surface area contributed by atoms with Gasteiger partial charge >= 0.3 is 0 Å². The van der Waals surface area contributed by atoms with E-state index in [0.717, 1.165) is 15.3 Å². The highest BCUT2D eigenvalue weighted by molar-refractivity contribution is 14.1. The van der Waals surface area contributed by atoms with Crippen LogP contribution in [0.25, 0.3) is 5.03 Å². The van der Waals surface area contributed by atoms with Gasteiger partial charge in [-0.3, -0.25) is 10.1 Å². The van der Waals surface area contributed by atoms with Gasteiger partial charge in [0.1, 0.15) is 0 Å². The maximum absolute atomic E-state index is 10.0. The number of nitrogens with zero attached hydrogens (tertiary/aromatic N) is 1. The Kier molecular flexibility index (Phi) is 4.77. The van der Waals surface area contributed by atoms with Gasteiger partial charge in [-0.1, -0.05) is 23.7 Å². The summed E-state index contributed by atoms with van der Waals surface area (Å²) in [5, 5.41) is 10.5. The molecule has 1 aromatic rings. The lowest BCUT2D eigenvalue weighted by atomic mass is 10.2. The molecular formula is C10H7ClINO2. The molecule has 0 radical (unpaired) electrons. The normalized spacial score (nSPS) is 12.0. The van der Waals surface area contributed by atoms with Crippen LogP contribution in [-0.4, -0.2) is 4.92 Å². The van der Waals surface area contributed by atoms with Crippen LogP contribution in [0.4, 0.5) is 0 Å². The Bertz CT molecular complexity index is 412. The largest absolute Gasteiger partial charge is 0.259 e. The molecule has 0 atom stereocenters. The van der Waals surface area contributed by atoms with Gasteiger partial charge in [0.25, 0.3) is 0 Å². The van der Waals surface area contributed by atoms with Crippen molar-refractivity contribution in [2.45, 2.75) is 0 Å². The lowest BCUT2D eigenvalue weighted by Crippen LogP contribution is -1.81. The van der Waals surface area contributed by atoms with E-state index in [4.69, 9.17) is 11.6 Å². The summed E-state index contributed by atoms with van der Waals surface area (Å²) in [6.45, 7) is 0. The molecule has 0 bridgehead atoms. The summed E-state index contributed by atoms with van der Waals surface area (Å²) in [7, 11) is 0. The van der Waals surface area contributed by atoms with E-state index in [2.05, 4.69) is 22.6 Å². The number of rotatable bonds is 3. The predicted octanol–water partition coefficient (Wildman–Crippen LogP) is 3.66. The standard InChI is InChI=1S/C10H7ClINO2/c11-10(2-1-7-13(14)15)8-3-5-9(12)6-4-8/h1-7H/b7-1+,10-2-. The number of hydrogen-bond acceptors (Lipinski definition) is 2. The van der Waals surface area contributed by atoms with Crippen LogP contribution in [0.1, 0.15) is 5.56 Å². The Morgan fingerprint density at radius 3 is 2.53 bits per heavy atom. The second-order valence-electron chi connectivity index (χ2n) is 2.65. The minimum Gasteiger partial charge on any atom is -0.259 e. The van der Waals surface area contributed by atoms with Crippen LogP contribution in [0.5, 0.6) is 0 Å². The summed E-state index contributed by atoms with van der Waals surface area (Å²) in [6, 6.07) is 7.56. The number of allylic oxidation sites excluding steroid dienone is 2. The molecule has 0 aliphatic carbocycles. The van der Waals surface area contributed by atoms with Crippen LogP contribution in [0.2, 0.25) is 0 Å². The van der Waals surface area contributed by atoms with Crippen molar-refractivity contribution in [1.82, 2.24) is 0 Å². The van der Waals surface area contributed by atoms with E-state index in [1.807, 2.05) is 24.3 Å². The molecule has 1 aromatic carbocycles. The third-order valence-corrected chi connectivity index (χ3v) is 2.63. The molecule has 0 spiro atoms. The van der Waals surface area contributed by atoms with Crippen LogP contribution in [0.3, 0.4) is 0 Å². The molecule has 0 aliphatic rings. The van der Waals surface area contributed by atoms with E-state index in [0.29, 0.717) is 5.03 Å². The second-order valence-corrected chi connectivity index (χ2v) is 4.30. The zero-order chi connectivity index (χ0) is 11.3. The van der Waals surface area contributed by atoms with Crippen LogP contribution in [0.15, 0.2) is 42.6 Å². The van der Waals surface area contributed by atoms with Crippen LogP contribution >= 0.6 is 34.2 Å². The molecule has 0 N–H and O–H groups in total. The predicted molar refractivity (Wildman–Crippen MR) is 69.1 cm³/mol. The van der Waals surface area contributed by atoms with E-state index in [9.17, 15) is 10.1 Å². The minimum atomic E-state index is -0.533. The van der Waals surface area contributed by atoms with Crippen LogP contribution < -0.4 is 0 Å². The van der Waals surface area contributed by atoms with E-state index in [-0.39, 0.29) is 0 Å². The van der Waals surface area contributed by atoms with E-state index >= 15 is 0 Å². The molecule has 1 rings (SSSR count). The number of hydrogen-bond donors (Lipinski definition) is 0. The number of nitro groups is 1. The maximum Gasteiger partial charge on any atom is 0.234 e. The smallest absolute Gasteiger partial charge is 0.234 e. The molecule has 0 heterocycles. The van der Waals surface area contributed by atoms with Crippen molar-refractivity contribution in [3.8, 4) is 0 Å². The Hall–Kier alpha value is -0.880. The summed E-state index contributed by atoms with van der Waals surface area (Å²) in [5.74, 6) is 0. The highest BCUT2D eigenvalue weighted by atomic mass is 127. The first-order chi connectivity index (χ1) is 7.09. The van der Waals surface area contributed by atoms with Gasteiger partial charge < -0.3 is 0 Å². The molecule has 0 fully saturated rings. The van der Waals surface area contributed by atoms with Gasteiger partial charge in [-0.2, -0.15) is 0 Å². The van der Waals surface area contributed by atoms with Gasteiger partial charge in [0.05, 0.1) is 4.92 Å². The quantitative estimate of drug-likeness (QED) is 0.366. The van der Waals surface area contributed by atoms with Gasteiger partial charge in [-0.15, -0.1) is 0 Å². The van der Waals surface area contributed by atoms with Crippen molar-refractivity contribution in [3.63, 3.8) is 0 Å². The third-order valence-electron chi connectivity index (χ3n) is 1.57. The molecule has 0 aromatic heterocycles. The molecule has 0 aliphatic heterocycles. The van der Waals surface area contributed by atoms with Gasteiger partial charge in [-0.05, 0) is 46.4 Å². The summed E-state index contributed by atoms with van der Waals surface area (Å²) in [6.07, 6.45) is 3.64. The minimum absolute atomic E-state index is 0.476. The summed E-state index contributed by atoms with van der Waals surface area (Å²) in [5.41, 5.74) is 0.838. The van der Waals surface area contributed by atoms with Gasteiger partial charge in [0.2, 0.25) is 6.20 Å². The fourth-order valence-electron chi connectivity index (χ4n) is 0.903. The Morgan fingerprint density at radius 1 is 1.40 bits per heavy atom. The third kappa shape index (κ3) is 4.44. The first kappa shape index (κ1) is 12.2. The van der Waals surface area contributed by atoms with Crippen molar-refractivity contribution >= 4 is 39.2 Å². The van der Waals surface area contributed by atoms with Crippen molar-refractivity contribution in [2.75, 3.05) is 0 Å². The fourth-order valence-corrected chi connectivity index (χ4v) is 1.46. The van der Waals surface area contributed by atoms with Gasteiger partial charge in [0, 0.05) is 14.7 Å². The molecule has 78 valence electrons. The molecule has 0 unspecified atom stereocenters. The van der Waals surface area contributed by atoms with Crippen molar-refractivity contribution in [2.24, 2.45) is 0 Å². The maximum atomic E-state index is 10.0. The van der Waals surface area contributed by atoms with Crippen molar-refractivity contribution < 1.29 is 4.92 Å². The lowest BCUT2D eigenvalue weighted by molar-refractivity contribution is -0.402. The Labute approximate surface area is 106 Å². The highest BCUT2D eigenvalue weighted by Crippen LogP contribution is 2.19. The molecule has 0 saturated heterocycles. The monoisotopic (exact) mass is 335 g/mol. The zero-order valence-corrected chi connectivity index (χ0v) is 10.5. The summed E-state index contributed by atoms with van der Waals surface area (Å²) < 4.78 is 1.11. The Morgan fingerprint density at radius 2 is 2.00 bits per heavy atom. The summed E-state index contributed by atoms with van der Waals surface area (Å²) in [4.78, 5) is 9.47. The first-order valence-electron chi connectivity index (χ1n) is 4.03. The molecule has 3 nitrogen and oxygen atoms in total. The van der Waals surface area contributed by atoms with Crippen molar-refractivity contribution in [3.05, 3.63) is 61.9 Å². The lowest BCUT2D eigenvalue weighted by Gasteiger charge is -1.97. The van der Waals surface area contributed by atoms with E-state index < -0.39 is 4.92 Å². The van der Waals surface area contributed by atoms with Gasteiger partial charge in [-0.25, -0.2) is 0 Å². The highest BCUT2D eigenvalue weighted by Gasteiger charge is 1.96. The molecular weight excluding hydrogens is 328 g/mol. The second kappa shape index (κ2) is 5.87. The summed E-state index contributed by atoms with van der Waals surface area (Å²) >= 11 is 8.12. The topological polar surface area (TPSA) is 43.1 Å². The Balaban J connectivity index is 2.80. The fraction of sp³-hybridized carbons (Fsp3) is 0. The van der Waals surface area contributed by atoms with E-state index in [1.165, 1.54) is 12.2 Å². The van der Waals surface area contributed by atoms with Crippen LogP contribution in [0, 0.1) is 13.7 Å². The van der Waals surface area contributed by atoms with Gasteiger partial charge in [0.15, 0.2) is 0 Å². The average Bonchev–Trinajstić information content (AvgIpc) is 2.18. The SMILES string of the molecule is O=[N+]([O-])/C=C/C=C(\Cl)c1ccc(I)cc1. The molecule has 15 heavy (non-hydrogen) atoms. The average molecular weight is 336 g/mol. The number of benzene rings is 1. The molecule has 0 saturated carbocycles. The molecule has 5 heteroatoms.